The second kappa shape index (κ2) is 6.71. The summed E-state index contributed by atoms with van der Waals surface area (Å²) in [5.41, 5.74) is 0.634. The van der Waals surface area contributed by atoms with E-state index in [-0.39, 0.29) is 11.3 Å². The van der Waals surface area contributed by atoms with Gasteiger partial charge in [0.05, 0.1) is 22.9 Å². The molecule has 0 atom stereocenters. The van der Waals surface area contributed by atoms with Gasteiger partial charge in [-0.1, -0.05) is 0 Å². The third kappa shape index (κ3) is 3.65. The van der Waals surface area contributed by atoms with Gasteiger partial charge in [-0.15, -0.1) is 13.2 Å². The molecule has 10 heteroatoms. The molecule has 3 heterocycles. The Labute approximate surface area is 172 Å². The summed E-state index contributed by atoms with van der Waals surface area (Å²) in [5.74, 6) is -0.339. The number of fused-ring (bicyclic) bond motifs is 1. The van der Waals surface area contributed by atoms with Gasteiger partial charge in [-0.05, 0) is 51.4 Å². The minimum absolute atomic E-state index is 0.242. The number of hydrogen-bond acceptors (Lipinski definition) is 5. The molecule has 2 aromatic heterocycles. The lowest BCUT2D eigenvalue weighted by molar-refractivity contribution is -0.274. The Morgan fingerprint density at radius 3 is 2.33 bits per heavy atom. The highest BCUT2D eigenvalue weighted by Crippen LogP contribution is 2.39. The van der Waals surface area contributed by atoms with E-state index < -0.39 is 24.7 Å². The normalized spacial score (nSPS) is 18.2. The number of ether oxygens (including phenoxy) is 1. The number of rotatable bonds is 3. The second-order valence-electron chi connectivity index (χ2n) is 8.30. The van der Waals surface area contributed by atoms with E-state index >= 15 is 0 Å². The topological polar surface area (TPSA) is 58.4 Å². The predicted octanol–water partition coefficient (Wildman–Crippen LogP) is 3.83. The molecule has 0 unspecified atom stereocenters. The largest absolute Gasteiger partial charge is 0.573 e. The lowest BCUT2D eigenvalue weighted by Gasteiger charge is -2.32. The fourth-order valence-corrected chi connectivity index (χ4v) is 3.36. The Hall–Kier alpha value is -2.59. The van der Waals surface area contributed by atoms with Crippen molar-refractivity contribution in [3.63, 3.8) is 0 Å². The molecule has 158 valence electrons. The molecular formula is C20H21BF3N3O3. The standard InChI is InChI=1S/C20H21BF3N3O3/c1-18(2)19(3,4)30-21(29-18)15-6-7-25-16-8-13(12-10-26-27(5)11-12)17(9-14(15)16)28-20(22,23)24/h6-11H,1-5H3. The number of aryl methyl sites for hydroxylation is 1. The summed E-state index contributed by atoms with van der Waals surface area (Å²) in [7, 11) is 0.937. The first kappa shape index (κ1) is 20.7. The Kier molecular flexibility index (Phi) is 4.63. The summed E-state index contributed by atoms with van der Waals surface area (Å²) in [6.45, 7) is 7.65. The van der Waals surface area contributed by atoms with E-state index in [1.54, 1.807) is 31.6 Å². The van der Waals surface area contributed by atoms with Gasteiger partial charge in [-0.3, -0.25) is 9.67 Å². The zero-order valence-electron chi connectivity index (χ0n) is 17.2. The van der Waals surface area contributed by atoms with Gasteiger partial charge in [0.25, 0.3) is 0 Å². The maximum absolute atomic E-state index is 13.1. The molecule has 0 N–H and O–H groups in total. The van der Waals surface area contributed by atoms with Crippen molar-refractivity contribution in [1.29, 1.82) is 0 Å². The van der Waals surface area contributed by atoms with Gasteiger partial charge >= 0.3 is 13.5 Å². The van der Waals surface area contributed by atoms with Gasteiger partial charge in [-0.2, -0.15) is 5.10 Å². The zero-order chi connectivity index (χ0) is 21.9. The summed E-state index contributed by atoms with van der Waals surface area (Å²) in [5, 5.41) is 4.50. The Bertz CT molecular complexity index is 1100. The van der Waals surface area contributed by atoms with Crippen LogP contribution in [0.3, 0.4) is 0 Å². The smallest absolute Gasteiger partial charge is 0.405 e. The van der Waals surface area contributed by atoms with Crippen LogP contribution in [0.1, 0.15) is 27.7 Å². The molecule has 0 saturated carbocycles. The first-order valence-electron chi connectivity index (χ1n) is 9.39. The zero-order valence-corrected chi connectivity index (χ0v) is 17.2. The number of alkyl halides is 3. The Balaban J connectivity index is 1.88. The SMILES string of the molecule is Cn1cc(-c2cc3nccc(B4OC(C)(C)C(C)(C)O4)c3cc2OC(F)(F)F)cn1. The highest BCUT2D eigenvalue weighted by atomic mass is 19.4. The van der Waals surface area contributed by atoms with E-state index in [9.17, 15) is 13.2 Å². The molecule has 30 heavy (non-hydrogen) atoms. The van der Waals surface area contributed by atoms with Crippen LogP contribution in [0.25, 0.3) is 22.0 Å². The van der Waals surface area contributed by atoms with Crippen molar-refractivity contribution in [1.82, 2.24) is 14.8 Å². The van der Waals surface area contributed by atoms with Crippen LogP contribution in [0.15, 0.2) is 36.8 Å². The number of benzene rings is 1. The van der Waals surface area contributed by atoms with Crippen molar-refractivity contribution in [2.45, 2.75) is 45.3 Å². The van der Waals surface area contributed by atoms with Crippen LogP contribution in [0, 0.1) is 0 Å². The van der Waals surface area contributed by atoms with Gasteiger partial charge in [0.2, 0.25) is 0 Å². The molecular weight excluding hydrogens is 398 g/mol. The van der Waals surface area contributed by atoms with Crippen molar-refractivity contribution < 1.29 is 27.2 Å². The van der Waals surface area contributed by atoms with Crippen LogP contribution in [-0.2, 0) is 16.4 Å². The quantitative estimate of drug-likeness (QED) is 0.604. The van der Waals surface area contributed by atoms with E-state index in [0.29, 0.717) is 21.9 Å². The second-order valence-corrected chi connectivity index (χ2v) is 8.30. The number of hydrogen-bond donors (Lipinski definition) is 0. The van der Waals surface area contributed by atoms with E-state index in [1.807, 2.05) is 27.7 Å². The van der Waals surface area contributed by atoms with Crippen molar-refractivity contribution in [2.24, 2.45) is 7.05 Å². The van der Waals surface area contributed by atoms with E-state index in [2.05, 4.69) is 14.8 Å². The van der Waals surface area contributed by atoms with Crippen LogP contribution >= 0.6 is 0 Å². The van der Waals surface area contributed by atoms with Crippen molar-refractivity contribution in [3.8, 4) is 16.9 Å². The predicted molar refractivity (Wildman–Crippen MR) is 106 cm³/mol. The third-order valence-corrected chi connectivity index (χ3v) is 5.63. The Morgan fingerprint density at radius 1 is 1.10 bits per heavy atom. The average molecular weight is 419 g/mol. The number of aromatic nitrogens is 3. The van der Waals surface area contributed by atoms with Crippen molar-refractivity contribution >= 4 is 23.5 Å². The van der Waals surface area contributed by atoms with Crippen LogP contribution in [0.5, 0.6) is 5.75 Å². The molecule has 1 aliphatic heterocycles. The van der Waals surface area contributed by atoms with E-state index in [0.717, 1.165) is 0 Å². The highest BCUT2D eigenvalue weighted by molar-refractivity contribution is 6.65. The molecule has 0 bridgehead atoms. The molecule has 0 spiro atoms. The summed E-state index contributed by atoms with van der Waals surface area (Å²) >= 11 is 0. The number of halogens is 3. The summed E-state index contributed by atoms with van der Waals surface area (Å²) in [4.78, 5) is 4.34. The highest BCUT2D eigenvalue weighted by Gasteiger charge is 2.52. The maximum atomic E-state index is 13.1. The lowest BCUT2D eigenvalue weighted by atomic mass is 9.77. The molecule has 0 aliphatic carbocycles. The minimum atomic E-state index is -4.85. The first-order valence-corrected chi connectivity index (χ1v) is 9.39. The van der Waals surface area contributed by atoms with Crippen LogP contribution in [-0.4, -0.2) is 39.4 Å². The van der Waals surface area contributed by atoms with Gasteiger partial charge in [0.1, 0.15) is 5.75 Å². The Morgan fingerprint density at radius 2 is 1.77 bits per heavy atom. The van der Waals surface area contributed by atoms with E-state index in [4.69, 9.17) is 9.31 Å². The fourth-order valence-electron chi connectivity index (χ4n) is 3.36. The minimum Gasteiger partial charge on any atom is -0.405 e. The third-order valence-electron chi connectivity index (χ3n) is 5.63. The van der Waals surface area contributed by atoms with Crippen LogP contribution in [0.2, 0.25) is 0 Å². The monoisotopic (exact) mass is 419 g/mol. The summed E-state index contributed by atoms with van der Waals surface area (Å²) in [6.07, 6.45) is -0.178. The maximum Gasteiger partial charge on any atom is 0.573 e. The van der Waals surface area contributed by atoms with Crippen molar-refractivity contribution in [3.05, 3.63) is 36.8 Å². The van der Waals surface area contributed by atoms with E-state index in [1.165, 1.54) is 16.9 Å². The summed E-state index contributed by atoms with van der Waals surface area (Å²) < 4.78 is 57.5. The lowest BCUT2D eigenvalue weighted by Crippen LogP contribution is -2.41. The molecule has 1 aromatic carbocycles. The van der Waals surface area contributed by atoms with Gasteiger partial charge in [0.15, 0.2) is 0 Å². The number of nitrogens with zero attached hydrogens (tertiary/aromatic N) is 3. The number of pyridine rings is 1. The molecule has 0 radical (unpaired) electrons. The first-order chi connectivity index (χ1) is 13.9. The molecule has 6 nitrogen and oxygen atoms in total. The van der Waals surface area contributed by atoms with Crippen LogP contribution in [0.4, 0.5) is 13.2 Å². The molecule has 0 amide bonds. The molecule has 1 fully saturated rings. The molecule has 1 aliphatic rings. The van der Waals surface area contributed by atoms with Crippen molar-refractivity contribution in [2.75, 3.05) is 0 Å². The molecule has 4 rings (SSSR count). The van der Waals surface area contributed by atoms with Gasteiger partial charge in [-0.25, -0.2) is 0 Å². The average Bonchev–Trinajstić information content (AvgIpc) is 3.12. The van der Waals surface area contributed by atoms with Crippen LogP contribution < -0.4 is 10.2 Å². The molecule has 1 saturated heterocycles. The van der Waals surface area contributed by atoms with Gasteiger partial charge in [0, 0.05) is 36.0 Å². The molecule has 3 aromatic rings. The fraction of sp³-hybridized carbons (Fsp3) is 0.400. The van der Waals surface area contributed by atoms with Gasteiger partial charge < -0.3 is 14.0 Å². The summed E-state index contributed by atoms with van der Waals surface area (Å²) in [6, 6.07) is 4.58.